The predicted molar refractivity (Wildman–Crippen MR) is 67.4 cm³/mol. The van der Waals surface area contributed by atoms with Crippen molar-refractivity contribution in [1.82, 2.24) is 5.32 Å². The highest BCUT2D eigenvalue weighted by Crippen LogP contribution is 2.22. The Labute approximate surface area is 101 Å². The smallest absolute Gasteiger partial charge is 0.244 e. The number of hydrogen-bond acceptors (Lipinski definition) is 1. The van der Waals surface area contributed by atoms with Crippen LogP contribution >= 0.6 is 11.6 Å². The largest absolute Gasteiger partial charge is 0.344 e. The summed E-state index contributed by atoms with van der Waals surface area (Å²) in [6.45, 7) is 5.70. The lowest BCUT2D eigenvalue weighted by Crippen LogP contribution is -2.40. The molecule has 0 aliphatic rings. The zero-order valence-electron chi connectivity index (χ0n) is 9.75. The van der Waals surface area contributed by atoms with Gasteiger partial charge < -0.3 is 5.32 Å². The molecule has 0 spiro atoms. The van der Waals surface area contributed by atoms with E-state index in [4.69, 9.17) is 11.6 Å². The number of halogens is 1. The van der Waals surface area contributed by atoms with E-state index in [9.17, 15) is 4.79 Å². The highest BCUT2D eigenvalue weighted by Gasteiger charge is 2.21. The quantitative estimate of drug-likeness (QED) is 0.804. The molecule has 86 valence electrons. The number of hydrogen-bond donors (Lipinski definition) is 1. The molecule has 0 saturated heterocycles. The summed E-state index contributed by atoms with van der Waals surface area (Å²) in [6.07, 6.45) is 3.22. The van der Waals surface area contributed by atoms with Gasteiger partial charge >= 0.3 is 0 Å². The Bertz CT molecular complexity index is 410. The van der Waals surface area contributed by atoms with E-state index >= 15 is 0 Å². The lowest BCUT2D eigenvalue weighted by Gasteiger charge is -2.26. The van der Waals surface area contributed by atoms with E-state index in [1.165, 1.54) is 6.08 Å². The molecule has 0 aromatic heterocycles. The van der Waals surface area contributed by atoms with E-state index in [1.54, 1.807) is 6.08 Å². The van der Waals surface area contributed by atoms with Crippen molar-refractivity contribution in [3.05, 3.63) is 47.0 Å². The first-order valence-electron chi connectivity index (χ1n) is 5.16. The van der Waals surface area contributed by atoms with E-state index in [-0.39, 0.29) is 5.91 Å². The minimum Gasteiger partial charge on any atom is -0.344 e. The molecule has 3 heteroatoms. The minimum absolute atomic E-state index is 0.104. The zero-order valence-corrected chi connectivity index (χ0v) is 10.5. The molecule has 1 N–H and O–H groups in total. The number of nitrogens with one attached hydrogen (secondary N) is 1. The van der Waals surface area contributed by atoms with Gasteiger partial charge in [-0.2, -0.15) is 0 Å². The van der Waals surface area contributed by atoms with E-state index in [0.29, 0.717) is 5.02 Å². The summed E-state index contributed by atoms with van der Waals surface area (Å²) in [5.74, 6) is -0.104. The molecule has 1 amide bonds. The Hall–Kier alpha value is -1.28. The molecule has 0 unspecified atom stereocenters. The highest BCUT2D eigenvalue weighted by molar-refractivity contribution is 6.30. The Morgan fingerprint density at radius 2 is 2.12 bits per heavy atom. The van der Waals surface area contributed by atoms with Crippen LogP contribution < -0.4 is 5.32 Å². The molecule has 0 radical (unpaired) electrons. The van der Waals surface area contributed by atoms with Crippen molar-refractivity contribution in [3.63, 3.8) is 0 Å². The first-order chi connectivity index (χ1) is 7.45. The molecule has 1 aromatic carbocycles. The molecule has 0 saturated carbocycles. The maximum absolute atomic E-state index is 11.5. The topological polar surface area (TPSA) is 29.1 Å². The molecule has 1 aromatic rings. The summed E-state index contributed by atoms with van der Waals surface area (Å²) in [4.78, 5) is 11.5. The normalized spacial score (nSPS) is 11.8. The molecule has 0 aliphatic heterocycles. The van der Waals surface area contributed by atoms with Crippen LogP contribution in [0, 0.1) is 0 Å². The van der Waals surface area contributed by atoms with Crippen LogP contribution in [0.4, 0.5) is 0 Å². The Morgan fingerprint density at radius 3 is 2.69 bits per heavy atom. The third-order valence-electron chi connectivity index (χ3n) is 2.30. The van der Waals surface area contributed by atoms with Crippen LogP contribution in [0.2, 0.25) is 5.02 Å². The summed E-state index contributed by atoms with van der Waals surface area (Å²) in [7, 11) is 0. The van der Waals surface area contributed by atoms with E-state index < -0.39 is 5.54 Å². The lowest BCUT2D eigenvalue weighted by molar-refractivity contribution is -0.118. The van der Waals surface area contributed by atoms with Crippen LogP contribution in [0.1, 0.15) is 26.3 Å². The molecule has 0 fully saturated rings. The van der Waals surface area contributed by atoms with Gasteiger partial charge in [-0.05, 0) is 44.5 Å². The predicted octanol–water partition coefficient (Wildman–Crippen LogP) is 3.27. The average Bonchev–Trinajstić information content (AvgIpc) is 2.17. The molecular formula is C13H16ClNO. The zero-order chi connectivity index (χ0) is 12.2. The third kappa shape index (κ3) is 3.38. The van der Waals surface area contributed by atoms with Gasteiger partial charge in [0.2, 0.25) is 5.91 Å². The molecule has 0 bridgehead atoms. The van der Waals surface area contributed by atoms with Crippen LogP contribution in [0.3, 0.4) is 0 Å². The van der Waals surface area contributed by atoms with Gasteiger partial charge in [0.05, 0.1) is 5.54 Å². The monoisotopic (exact) mass is 237 g/mol. The molecule has 16 heavy (non-hydrogen) atoms. The lowest BCUT2D eigenvalue weighted by atomic mass is 9.94. The molecule has 1 rings (SSSR count). The van der Waals surface area contributed by atoms with Gasteiger partial charge in [-0.3, -0.25) is 4.79 Å². The van der Waals surface area contributed by atoms with E-state index in [2.05, 4.69) is 5.32 Å². The van der Waals surface area contributed by atoms with Crippen molar-refractivity contribution in [2.45, 2.75) is 26.3 Å². The number of carbonyl (C=O) groups excluding carboxylic acids is 1. The van der Waals surface area contributed by atoms with Gasteiger partial charge in [-0.15, -0.1) is 0 Å². The van der Waals surface area contributed by atoms with E-state index in [0.717, 1.165) is 5.56 Å². The fraction of sp³-hybridized carbons (Fsp3) is 0.308. The van der Waals surface area contributed by atoms with Crippen molar-refractivity contribution in [2.75, 3.05) is 0 Å². The maximum Gasteiger partial charge on any atom is 0.244 e. The summed E-state index contributed by atoms with van der Waals surface area (Å²) in [6, 6.07) is 7.50. The second-order valence-electron chi connectivity index (χ2n) is 4.12. The van der Waals surface area contributed by atoms with Crippen LogP contribution in [0.25, 0.3) is 0 Å². The van der Waals surface area contributed by atoms with E-state index in [1.807, 2.05) is 45.0 Å². The standard InChI is InChI=1S/C13H16ClNO/c1-4-6-12(16)15-13(2,3)10-7-5-8-11(14)9-10/h4-9H,1-3H3,(H,15,16)/b6-4+. The van der Waals surface area contributed by atoms with Crippen molar-refractivity contribution in [1.29, 1.82) is 0 Å². The first-order valence-corrected chi connectivity index (χ1v) is 5.54. The summed E-state index contributed by atoms with van der Waals surface area (Å²) < 4.78 is 0. The van der Waals surface area contributed by atoms with Gasteiger partial charge in [0, 0.05) is 5.02 Å². The summed E-state index contributed by atoms with van der Waals surface area (Å²) in [5.41, 5.74) is 0.555. The van der Waals surface area contributed by atoms with Crippen LogP contribution in [0.15, 0.2) is 36.4 Å². The van der Waals surface area contributed by atoms with Gasteiger partial charge in [0.1, 0.15) is 0 Å². The number of allylic oxidation sites excluding steroid dienone is 1. The fourth-order valence-corrected chi connectivity index (χ4v) is 1.64. The molecule has 2 nitrogen and oxygen atoms in total. The first kappa shape index (κ1) is 12.8. The number of amides is 1. The van der Waals surface area contributed by atoms with Crippen molar-refractivity contribution >= 4 is 17.5 Å². The van der Waals surface area contributed by atoms with Crippen LogP contribution in [-0.4, -0.2) is 5.91 Å². The maximum atomic E-state index is 11.5. The Balaban J connectivity index is 2.89. The summed E-state index contributed by atoms with van der Waals surface area (Å²) in [5, 5.41) is 3.59. The fourth-order valence-electron chi connectivity index (χ4n) is 1.45. The SMILES string of the molecule is C/C=C/C(=O)NC(C)(C)c1cccc(Cl)c1. The average molecular weight is 238 g/mol. The highest BCUT2D eigenvalue weighted by atomic mass is 35.5. The molecule has 0 atom stereocenters. The van der Waals surface area contributed by atoms with Crippen molar-refractivity contribution in [2.24, 2.45) is 0 Å². The number of benzene rings is 1. The second-order valence-corrected chi connectivity index (χ2v) is 4.56. The number of rotatable bonds is 3. The molecule has 0 heterocycles. The van der Waals surface area contributed by atoms with Crippen LogP contribution in [-0.2, 0) is 10.3 Å². The van der Waals surface area contributed by atoms with Crippen LogP contribution in [0.5, 0.6) is 0 Å². The van der Waals surface area contributed by atoms with Gasteiger partial charge in [0.15, 0.2) is 0 Å². The van der Waals surface area contributed by atoms with Gasteiger partial charge in [-0.1, -0.05) is 29.8 Å². The van der Waals surface area contributed by atoms with Gasteiger partial charge in [0.25, 0.3) is 0 Å². The Morgan fingerprint density at radius 1 is 1.44 bits per heavy atom. The third-order valence-corrected chi connectivity index (χ3v) is 2.54. The second kappa shape index (κ2) is 5.17. The number of carbonyl (C=O) groups is 1. The Kier molecular flexibility index (Phi) is 4.13. The molecular weight excluding hydrogens is 222 g/mol. The summed E-state index contributed by atoms with van der Waals surface area (Å²) >= 11 is 5.92. The molecule has 0 aliphatic carbocycles. The van der Waals surface area contributed by atoms with Crippen molar-refractivity contribution < 1.29 is 4.79 Å². The minimum atomic E-state index is -0.429. The van der Waals surface area contributed by atoms with Crippen molar-refractivity contribution in [3.8, 4) is 0 Å². The van der Waals surface area contributed by atoms with Gasteiger partial charge in [-0.25, -0.2) is 0 Å².